The van der Waals surface area contributed by atoms with Crippen LogP contribution >= 0.6 is 11.6 Å². The minimum absolute atomic E-state index is 0.00679. The van der Waals surface area contributed by atoms with Gasteiger partial charge >= 0.3 is 0 Å². The van der Waals surface area contributed by atoms with Gasteiger partial charge in [0.05, 0.1) is 29.1 Å². The third kappa shape index (κ3) is 4.76. The molecule has 1 aliphatic rings. The Hall–Kier alpha value is -2.99. The number of aryl methyl sites for hydroxylation is 1. The van der Waals surface area contributed by atoms with Crippen molar-refractivity contribution < 1.29 is 9.53 Å². The van der Waals surface area contributed by atoms with Crippen LogP contribution in [0.1, 0.15) is 34.0 Å². The molecule has 7 heteroatoms. The highest BCUT2D eigenvalue weighted by Gasteiger charge is 2.33. The molecule has 3 heterocycles. The van der Waals surface area contributed by atoms with Crippen LogP contribution in [-0.4, -0.2) is 45.7 Å². The Kier molecular flexibility index (Phi) is 6.23. The number of halogens is 1. The summed E-state index contributed by atoms with van der Waals surface area (Å²) < 4.78 is 5.96. The SMILES string of the molecule is Cc1cc(C(=O)N2CCC(COc3ccc(Cl)cn3)C(c3ccccc3)C2)cnn1. The Morgan fingerprint density at radius 1 is 1.20 bits per heavy atom. The van der Waals surface area contributed by atoms with Gasteiger partial charge in [-0.15, -0.1) is 0 Å². The summed E-state index contributed by atoms with van der Waals surface area (Å²) >= 11 is 5.91. The maximum atomic E-state index is 13.1. The number of amides is 1. The summed E-state index contributed by atoms with van der Waals surface area (Å²) in [6, 6.07) is 15.6. The molecule has 3 aromatic rings. The van der Waals surface area contributed by atoms with E-state index in [1.165, 1.54) is 11.8 Å². The van der Waals surface area contributed by atoms with E-state index < -0.39 is 0 Å². The van der Waals surface area contributed by atoms with Crippen molar-refractivity contribution in [1.29, 1.82) is 0 Å². The third-order valence-electron chi connectivity index (χ3n) is 5.44. The first-order valence-electron chi connectivity index (χ1n) is 9.98. The second kappa shape index (κ2) is 9.22. The lowest BCUT2D eigenvalue weighted by molar-refractivity contribution is 0.0614. The number of benzene rings is 1. The minimum atomic E-state index is -0.00679. The van der Waals surface area contributed by atoms with Crippen molar-refractivity contribution in [3.05, 3.63) is 82.8 Å². The third-order valence-corrected chi connectivity index (χ3v) is 5.66. The Morgan fingerprint density at radius 2 is 2.03 bits per heavy atom. The number of hydrogen-bond donors (Lipinski definition) is 0. The lowest BCUT2D eigenvalue weighted by Gasteiger charge is -2.38. The quantitative estimate of drug-likeness (QED) is 0.617. The van der Waals surface area contributed by atoms with Crippen molar-refractivity contribution in [1.82, 2.24) is 20.1 Å². The van der Waals surface area contributed by atoms with Gasteiger partial charge in [-0.1, -0.05) is 41.9 Å². The number of rotatable bonds is 5. The van der Waals surface area contributed by atoms with Crippen molar-refractivity contribution in [3.8, 4) is 5.88 Å². The van der Waals surface area contributed by atoms with Gasteiger partial charge in [0, 0.05) is 37.2 Å². The average Bonchev–Trinajstić information content (AvgIpc) is 2.79. The fourth-order valence-electron chi connectivity index (χ4n) is 3.88. The van der Waals surface area contributed by atoms with Gasteiger partial charge in [-0.05, 0) is 31.0 Å². The van der Waals surface area contributed by atoms with E-state index >= 15 is 0 Å². The largest absolute Gasteiger partial charge is 0.477 e. The summed E-state index contributed by atoms with van der Waals surface area (Å²) in [5.74, 6) is 0.994. The Bertz CT molecular complexity index is 998. The summed E-state index contributed by atoms with van der Waals surface area (Å²) in [5.41, 5.74) is 2.52. The maximum absolute atomic E-state index is 13.1. The van der Waals surface area contributed by atoms with Crippen LogP contribution < -0.4 is 4.74 Å². The lowest BCUT2D eigenvalue weighted by atomic mass is 9.81. The molecule has 2 unspecified atom stereocenters. The van der Waals surface area contributed by atoms with E-state index in [2.05, 4.69) is 27.3 Å². The Balaban J connectivity index is 1.50. The molecule has 1 amide bonds. The van der Waals surface area contributed by atoms with Crippen LogP contribution in [0.15, 0.2) is 60.9 Å². The highest BCUT2D eigenvalue weighted by atomic mass is 35.5. The first kappa shape index (κ1) is 20.3. The molecule has 4 rings (SSSR count). The van der Waals surface area contributed by atoms with Crippen molar-refractivity contribution in [3.63, 3.8) is 0 Å². The zero-order valence-electron chi connectivity index (χ0n) is 16.7. The number of nitrogens with zero attached hydrogens (tertiary/aromatic N) is 4. The van der Waals surface area contributed by atoms with E-state index in [4.69, 9.17) is 16.3 Å². The zero-order chi connectivity index (χ0) is 20.9. The van der Waals surface area contributed by atoms with E-state index in [0.29, 0.717) is 36.2 Å². The fourth-order valence-corrected chi connectivity index (χ4v) is 3.99. The second-order valence-corrected chi connectivity index (χ2v) is 7.96. The molecule has 0 bridgehead atoms. The van der Waals surface area contributed by atoms with E-state index in [9.17, 15) is 4.79 Å². The number of pyridine rings is 1. The number of carbonyl (C=O) groups excluding carboxylic acids is 1. The van der Waals surface area contributed by atoms with Gasteiger partial charge in [0.1, 0.15) is 0 Å². The van der Waals surface area contributed by atoms with Crippen LogP contribution in [0.5, 0.6) is 5.88 Å². The van der Waals surface area contributed by atoms with Crippen molar-refractivity contribution >= 4 is 17.5 Å². The van der Waals surface area contributed by atoms with Crippen LogP contribution in [0.25, 0.3) is 0 Å². The molecule has 1 saturated heterocycles. The average molecular weight is 423 g/mol. The van der Waals surface area contributed by atoms with Crippen molar-refractivity contribution in [2.75, 3.05) is 19.7 Å². The molecule has 1 aromatic carbocycles. The molecule has 6 nitrogen and oxygen atoms in total. The molecule has 0 aliphatic carbocycles. The first-order valence-corrected chi connectivity index (χ1v) is 10.4. The summed E-state index contributed by atoms with van der Waals surface area (Å²) in [7, 11) is 0. The minimum Gasteiger partial charge on any atom is -0.477 e. The molecule has 1 aliphatic heterocycles. The number of ether oxygens (including phenoxy) is 1. The van der Waals surface area contributed by atoms with Crippen molar-refractivity contribution in [2.45, 2.75) is 19.3 Å². The summed E-state index contributed by atoms with van der Waals surface area (Å²) in [6.45, 7) is 3.68. The van der Waals surface area contributed by atoms with E-state index in [1.807, 2.05) is 30.0 Å². The lowest BCUT2D eigenvalue weighted by Crippen LogP contribution is -2.44. The van der Waals surface area contributed by atoms with Crippen LogP contribution in [0.2, 0.25) is 5.02 Å². The Morgan fingerprint density at radius 3 is 2.77 bits per heavy atom. The monoisotopic (exact) mass is 422 g/mol. The molecule has 0 spiro atoms. The van der Waals surface area contributed by atoms with Gasteiger partial charge in [-0.2, -0.15) is 10.2 Å². The van der Waals surface area contributed by atoms with Gasteiger partial charge in [-0.25, -0.2) is 4.98 Å². The van der Waals surface area contributed by atoms with Gasteiger partial charge < -0.3 is 9.64 Å². The van der Waals surface area contributed by atoms with E-state index in [1.54, 1.807) is 24.4 Å². The molecule has 30 heavy (non-hydrogen) atoms. The van der Waals surface area contributed by atoms with Crippen molar-refractivity contribution in [2.24, 2.45) is 5.92 Å². The molecular weight excluding hydrogens is 400 g/mol. The predicted molar refractivity (Wildman–Crippen MR) is 115 cm³/mol. The Labute approximate surface area is 180 Å². The molecule has 0 saturated carbocycles. The second-order valence-electron chi connectivity index (χ2n) is 7.53. The van der Waals surface area contributed by atoms with E-state index in [0.717, 1.165) is 12.1 Å². The number of carbonyl (C=O) groups is 1. The van der Waals surface area contributed by atoms with Crippen LogP contribution in [0, 0.1) is 12.8 Å². The smallest absolute Gasteiger partial charge is 0.255 e. The van der Waals surface area contributed by atoms with Gasteiger partial charge in [-0.3, -0.25) is 4.79 Å². The van der Waals surface area contributed by atoms with Gasteiger partial charge in [0.15, 0.2) is 0 Å². The maximum Gasteiger partial charge on any atom is 0.255 e. The standard InChI is InChI=1S/C23H23ClN4O2/c1-16-11-19(12-26-27-16)23(29)28-10-9-18(15-30-22-8-7-20(24)13-25-22)21(14-28)17-5-3-2-4-6-17/h2-8,11-13,18,21H,9-10,14-15H2,1H3. The van der Waals surface area contributed by atoms with Gasteiger partial charge in [0.25, 0.3) is 5.91 Å². The topological polar surface area (TPSA) is 68.2 Å². The first-order chi connectivity index (χ1) is 14.6. The molecule has 1 fully saturated rings. The fraction of sp³-hybridized carbons (Fsp3) is 0.304. The van der Waals surface area contributed by atoms with Crippen LogP contribution in [0.4, 0.5) is 0 Å². The highest BCUT2D eigenvalue weighted by Crippen LogP contribution is 2.33. The molecule has 0 radical (unpaired) electrons. The number of aromatic nitrogens is 3. The zero-order valence-corrected chi connectivity index (χ0v) is 17.5. The molecule has 154 valence electrons. The molecule has 2 atom stereocenters. The normalized spacial score (nSPS) is 18.8. The number of likely N-dealkylation sites (tertiary alicyclic amines) is 1. The number of piperidine rings is 1. The van der Waals surface area contributed by atoms with Crippen LogP contribution in [0.3, 0.4) is 0 Å². The van der Waals surface area contributed by atoms with Crippen LogP contribution in [-0.2, 0) is 0 Å². The van der Waals surface area contributed by atoms with E-state index in [-0.39, 0.29) is 17.7 Å². The molecule has 0 N–H and O–H groups in total. The van der Waals surface area contributed by atoms with Gasteiger partial charge in [0.2, 0.25) is 5.88 Å². The highest BCUT2D eigenvalue weighted by molar-refractivity contribution is 6.30. The summed E-state index contributed by atoms with van der Waals surface area (Å²) in [5, 5.41) is 8.46. The predicted octanol–water partition coefficient (Wildman–Crippen LogP) is 4.16. The summed E-state index contributed by atoms with van der Waals surface area (Å²) in [4.78, 5) is 19.2. The molecule has 2 aromatic heterocycles. The molecular formula is C23H23ClN4O2. The summed E-state index contributed by atoms with van der Waals surface area (Å²) in [6.07, 6.45) is 3.96. The number of hydrogen-bond acceptors (Lipinski definition) is 5.